The van der Waals surface area contributed by atoms with Crippen molar-refractivity contribution in [3.8, 4) is 11.3 Å². The number of hydrogen-bond acceptors (Lipinski definition) is 5. The largest absolute Gasteiger partial charge is 0.481 e. The van der Waals surface area contributed by atoms with Gasteiger partial charge in [0, 0.05) is 43.4 Å². The number of piperidine rings is 1. The van der Waals surface area contributed by atoms with E-state index in [1.807, 2.05) is 0 Å². The second-order valence-corrected chi connectivity index (χ2v) is 8.60. The molecule has 0 spiro atoms. The van der Waals surface area contributed by atoms with E-state index >= 15 is 0 Å². The van der Waals surface area contributed by atoms with Crippen molar-refractivity contribution in [3.05, 3.63) is 41.3 Å². The highest BCUT2D eigenvalue weighted by molar-refractivity contribution is 5.93. The van der Waals surface area contributed by atoms with Gasteiger partial charge >= 0.3 is 5.97 Å². The first kappa shape index (κ1) is 22.3. The first-order chi connectivity index (χ1) is 15.2. The van der Waals surface area contributed by atoms with Gasteiger partial charge in [-0.25, -0.2) is 13.2 Å². The quantitative estimate of drug-likeness (QED) is 0.723. The number of nitrogens with zero attached hydrogens (tertiary/aromatic N) is 2. The number of benzene rings is 1. The molecular weight excluding hydrogens is 427 g/mol. The number of hydrogen-bond donors (Lipinski definition) is 2. The van der Waals surface area contributed by atoms with E-state index in [2.05, 4.69) is 22.3 Å². The lowest BCUT2D eigenvalue weighted by atomic mass is 9.89. The molecule has 0 bridgehead atoms. The molecule has 4 rings (SSSR count). The van der Waals surface area contributed by atoms with Gasteiger partial charge in [-0.3, -0.25) is 14.5 Å². The number of likely N-dealkylation sites (tertiary alicyclic amines) is 1. The number of carboxylic acid groups (broad SMARTS) is 1. The minimum absolute atomic E-state index is 0.251. The fourth-order valence-electron chi connectivity index (χ4n) is 4.89. The van der Waals surface area contributed by atoms with Crippen LogP contribution in [0.4, 0.5) is 13.2 Å². The molecule has 10 heteroatoms. The summed E-state index contributed by atoms with van der Waals surface area (Å²) in [5, 5.41) is 16.0. The van der Waals surface area contributed by atoms with E-state index in [4.69, 9.17) is 4.52 Å². The summed E-state index contributed by atoms with van der Waals surface area (Å²) >= 11 is 0. The Labute approximate surface area is 182 Å². The van der Waals surface area contributed by atoms with Crippen LogP contribution in [0.2, 0.25) is 0 Å². The molecule has 1 saturated heterocycles. The van der Waals surface area contributed by atoms with Crippen molar-refractivity contribution in [2.24, 2.45) is 11.8 Å². The number of carbonyl (C=O) groups excluding carboxylic acids is 1. The number of amides is 1. The summed E-state index contributed by atoms with van der Waals surface area (Å²) in [7, 11) is 0. The molecule has 2 aliphatic rings. The number of carboxylic acids is 1. The standard InChI is InChI=1S/C22H24F3N3O4/c1-11-3-2-4-18(11)28-6-5-16(13(10-28)22(30)31)26-21(29)17-9-19(32-27-17)20-14(24)7-12(23)8-15(20)25/h7-9,11,13,16,18H,2-6,10H2,1H3,(H,26,29)(H,30,31)/t11-,13+,16+,18-/m0/s1. The number of nitrogens with one attached hydrogen (secondary N) is 1. The smallest absolute Gasteiger partial charge is 0.309 e. The van der Waals surface area contributed by atoms with Crippen molar-refractivity contribution in [2.75, 3.05) is 13.1 Å². The van der Waals surface area contributed by atoms with Crippen molar-refractivity contribution in [1.29, 1.82) is 0 Å². The molecule has 7 nitrogen and oxygen atoms in total. The zero-order valence-corrected chi connectivity index (χ0v) is 17.5. The summed E-state index contributed by atoms with van der Waals surface area (Å²) in [4.78, 5) is 26.7. The van der Waals surface area contributed by atoms with Gasteiger partial charge in [0.05, 0.1) is 11.5 Å². The van der Waals surface area contributed by atoms with Gasteiger partial charge < -0.3 is 14.9 Å². The van der Waals surface area contributed by atoms with Crippen LogP contribution >= 0.6 is 0 Å². The van der Waals surface area contributed by atoms with Crippen LogP contribution in [0.25, 0.3) is 11.3 Å². The number of aliphatic carboxylic acids is 1. The van der Waals surface area contributed by atoms with E-state index < -0.39 is 46.9 Å². The van der Waals surface area contributed by atoms with Crippen LogP contribution in [0, 0.1) is 29.3 Å². The highest BCUT2D eigenvalue weighted by Gasteiger charge is 2.40. The number of carbonyl (C=O) groups is 2. The second-order valence-electron chi connectivity index (χ2n) is 8.60. The Morgan fingerprint density at radius 1 is 1.16 bits per heavy atom. The van der Waals surface area contributed by atoms with Gasteiger partial charge in [0.25, 0.3) is 5.91 Å². The minimum Gasteiger partial charge on any atom is -0.481 e. The fraction of sp³-hybridized carbons (Fsp3) is 0.500. The van der Waals surface area contributed by atoms with Crippen LogP contribution < -0.4 is 5.32 Å². The first-order valence-corrected chi connectivity index (χ1v) is 10.6. The summed E-state index contributed by atoms with van der Waals surface area (Å²) in [6.45, 7) is 3.18. The molecule has 2 heterocycles. The molecule has 1 aliphatic heterocycles. The Bertz CT molecular complexity index is 1000. The Balaban J connectivity index is 1.46. The molecule has 1 amide bonds. The van der Waals surface area contributed by atoms with Gasteiger partial charge in [-0.1, -0.05) is 18.5 Å². The van der Waals surface area contributed by atoms with Crippen LogP contribution in [-0.2, 0) is 4.79 Å². The maximum absolute atomic E-state index is 14.0. The Kier molecular flexibility index (Phi) is 6.23. The van der Waals surface area contributed by atoms with Gasteiger partial charge in [0.15, 0.2) is 11.5 Å². The Morgan fingerprint density at radius 2 is 1.88 bits per heavy atom. The van der Waals surface area contributed by atoms with Crippen LogP contribution in [0.5, 0.6) is 0 Å². The van der Waals surface area contributed by atoms with Crippen molar-refractivity contribution >= 4 is 11.9 Å². The van der Waals surface area contributed by atoms with Crippen LogP contribution in [0.15, 0.2) is 22.7 Å². The average molecular weight is 451 g/mol. The second kappa shape index (κ2) is 8.93. The maximum atomic E-state index is 14.0. The van der Waals surface area contributed by atoms with E-state index in [0.29, 0.717) is 43.6 Å². The van der Waals surface area contributed by atoms with Crippen molar-refractivity contribution < 1.29 is 32.4 Å². The van der Waals surface area contributed by atoms with Crippen molar-refractivity contribution in [2.45, 2.75) is 44.7 Å². The van der Waals surface area contributed by atoms with Crippen LogP contribution in [-0.4, -0.2) is 52.2 Å². The number of halogens is 3. The van der Waals surface area contributed by atoms with E-state index in [-0.39, 0.29) is 11.5 Å². The summed E-state index contributed by atoms with van der Waals surface area (Å²) in [5.41, 5.74) is -0.889. The predicted molar refractivity (Wildman–Crippen MR) is 107 cm³/mol. The van der Waals surface area contributed by atoms with E-state index in [0.717, 1.165) is 25.3 Å². The molecule has 2 aromatic rings. The van der Waals surface area contributed by atoms with Gasteiger partial charge in [-0.05, 0) is 25.2 Å². The summed E-state index contributed by atoms with van der Waals surface area (Å²) in [6, 6.07) is 1.77. The van der Waals surface area contributed by atoms with Gasteiger partial charge in [-0.15, -0.1) is 0 Å². The normalized spacial score (nSPS) is 26.2. The van der Waals surface area contributed by atoms with E-state index in [1.165, 1.54) is 0 Å². The zero-order chi connectivity index (χ0) is 23.0. The fourth-order valence-corrected chi connectivity index (χ4v) is 4.89. The molecule has 0 unspecified atom stereocenters. The molecule has 4 atom stereocenters. The van der Waals surface area contributed by atoms with Crippen molar-refractivity contribution in [3.63, 3.8) is 0 Å². The van der Waals surface area contributed by atoms with Crippen LogP contribution in [0.1, 0.15) is 43.1 Å². The summed E-state index contributed by atoms with van der Waals surface area (Å²) in [5.74, 6) is -5.82. The predicted octanol–water partition coefficient (Wildman–Crippen LogP) is 3.45. The van der Waals surface area contributed by atoms with Gasteiger partial charge in [0.2, 0.25) is 0 Å². The third-order valence-electron chi connectivity index (χ3n) is 6.56. The monoisotopic (exact) mass is 451 g/mol. The topological polar surface area (TPSA) is 95.7 Å². The molecule has 1 saturated carbocycles. The maximum Gasteiger partial charge on any atom is 0.309 e. The number of aromatic nitrogens is 1. The molecule has 2 N–H and O–H groups in total. The third-order valence-corrected chi connectivity index (χ3v) is 6.56. The van der Waals surface area contributed by atoms with Gasteiger partial charge in [0.1, 0.15) is 17.5 Å². The molecule has 172 valence electrons. The lowest BCUT2D eigenvalue weighted by molar-refractivity contribution is -0.145. The summed E-state index contributed by atoms with van der Waals surface area (Å²) < 4.78 is 46.0. The highest BCUT2D eigenvalue weighted by Crippen LogP contribution is 2.33. The third kappa shape index (κ3) is 4.36. The highest BCUT2D eigenvalue weighted by atomic mass is 19.1. The van der Waals surface area contributed by atoms with Crippen LogP contribution in [0.3, 0.4) is 0 Å². The lowest BCUT2D eigenvalue weighted by Gasteiger charge is -2.41. The van der Waals surface area contributed by atoms with E-state index in [1.54, 1.807) is 0 Å². The zero-order valence-electron chi connectivity index (χ0n) is 17.5. The minimum atomic E-state index is -1.19. The molecular formula is C22H24F3N3O4. The van der Waals surface area contributed by atoms with Gasteiger partial charge in [-0.2, -0.15) is 0 Å². The Hall–Kier alpha value is -2.88. The molecule has 1 aromatic heterocycles. The molecule has 1 aromatic carbocycles. The Morgan fingerprint density at radius 3 is 2.50 bits per heavy atom. The molecule has 1 aliphatic carbocycles. The average Bonchev–Trinajstić information content (AvgIpc) is 3.37. The first-order valence-electron chi connectivity index (χ1n) is 10.6. The lowest BCUT2D eigenvalue weighted by Crippen LogP contribution is -2.56. The number of rotatable bonds is 5. The molecule has 32 heavy (non-hydrogen) atoms. The summed E-state index contributed by atoms with van der Waals surface area (Å²) in [6.07, 6.45) is 3.76. The SMILES string of the molecule is C[C@H]1CCC[C@@H]1N1CC[C@@H](NC(=O)c2cc(-c3c(F)cc(F)cc3F)on2)[C@H](C(=O)O)C1. The molecule has 0 radical (unpaired) electrons. The molecule has 2 fully saturated rings. The van der Waals surface area contributed by atoms with E-state index in [9.17, 15) is 27.9 Å². The van der Waals surface area contributed by atoms with Crippen molar-refractivity contribution in [1.82, 2.24) is 15.4 Å².